The summed E-state index contributed by atoms with van der Waals surface area (Å²) in [6, 6.07) is 4.25. The standard InChI is InChI=1S/C23H24F3NO5/c1-4-31-19(28)6-5-7-32-21-17(25)9-13(10-18(21)26)16-11-15(24)8-14-12-23(2,3)27(20(14)16)22(29)30/h8-11H,4-7,12H2,1-3H3,(H,29,30). The zero-order valence-corrected chi connectivity index (χ0v) is 18.0. The zero-order chi connectivity index (χ0) is 23.6. The van der Waals surface area contributed by atoms with Crippen LogP contribution < -0.4 is 9.64 Å². The molecule has 0 unspecified atom stereocenters. The number of carbonyl (C=O) groups is 2. The average molecular weight is 451 g/mol. The van der Waals surface area contributed by atoms with Crippen LogP contribution in [0.5, 0.6) is 5.75 Å². The lowest BCUT2D eigenvalue weighted by molar-refractivity contribution is -0.143. The molecule has 0 saturated carbocycles. The maximum atomic E-state index is 14.7. The molecule has 1 N–H and O–H groups in total. The molecule has 1 amide bonds. The Labute approximate surface area is 183 Å². The number of anilines is 1. The van der Waals surface area contributed by atoms with E-state index in [0.717, 1.165) is 23.1 Å². The van der Waals surface area contributed by atoms with Gasteiger partial charge < -0.3 is 14.6 Å². The summed E-state index contributed by atoms with van der Waals surface area (Å²) in [7, 11) is 0. The minimum Gasteiger partial charge on any atom is -0.488 e. The molecule has 1 aliphatic heterocycles. The predicted molar refractivity (Wildman–Crippen MR) is 111 cm³/mol. The first kappa shape index (κ1) is 23.4. The van der Waals surface area contributed by atoms with Crippen molar-refractivity contribution in [3.05, 3.63) is 47.3 Å². The third-order valence-electron chi connectivity index (χ3n) is 5.18. The third kappa shape index (κ3) is 4.66. The molecule has 2 aromatic rings. The van der Waals surface area contributed by atoms with E-state index in [2.05, 4.69) is 0 Å². The molecule has 2 aromatic carbocycles. The summed E-state index contributed by atoms with van der Waals surface area (Å²) in [4.78, 5) is 24.3. The Kier molecular flexibility index (Phi) is 6.66. The highest BCUT2D eigenvalue weighted by atomic mass is 19.1. The summed E-state index contributed by atoms with van der Waals surface area (Å²) in [6.45, 7) is 5.19. The quantitative estimate of drug-likeness (QED) is 0.456. The second-order valence-electron chi connectivity index (χ2n) is 8.09. The minimum atomic E-state index is -1.25. The van der Waals surface area contributed by atoms with Crippen molar-refractivity contribution in [2.75, 3.05) is 18.1 Å². The summed E-state index contributed by atoms with van der Waals surface area (Å²) in [5.74, 6) is -3.73. The van der Waals surface area contributed by atoms with Gasteiger partial charge in [-0.05, 0) is 69.0 Å². The Balaban J connectivity index is 1.91. The number of hydrogen-bond acceptors (Lipinski definition) is 4. The lowest BCUT2D eigenvalue weighted by Gasteiger charge is -2.30. The summed E-state index contributed by atoms with van der Waals surface area (Å²) >= 11 is 0. The van der Waals surface area contributed by atoms with Gasteiger partial charge in [0, 0.05) is 17.5 Å². The van der Waals surface area contributed by atoms with E-state index in [1.165, 1.54) is 6.07 Å². The van der Waals surface area contributed by atoms with Crippen LogP contribution in [0.25, 0.3) is 11.1 Å². The smallest absolute Gasteiger partial charge is 0.412 e. The molecule has 32 heavy (non-hydrogen) atoms. The van der Waals surface area contributed by atoms with Gasteiger partial charge in [-0.1, -0.05) is 0 Å². The fraction of sp³-hybridized carbons (Fsp3) is 0.391. The third-order valence-corrected chi connectivity index (χ3v) is 5.18. The summed E-state index contributed by atoms with van der Waals surface area (Å²) in [5, 5.41) is 9.71. The van der Waals surface area contributed by atoms with Crippen LogP contribution in [0.1, 0.15) is 39.2 Å². The minimum absolute atomic E-state index is 0.0152. The van der Waals surface area contributed by atoms with E-state index in [4.69, 9.17) is 9.47 Å². The fourth-order valence-corrected chi connectivity index (χ4v) is 3.95. The maximum Gasteiger partial charge on any atom is 0.412 e. The van der Waals surface area contributed by atoms with Crippen LogP contribution in [0.15, 0.2) is 24.3 Å². The number of carboxylic acid groups (broad SMARTS) is 1. The molecular weight excluding hydrogens is 427 g/mol. The van der Waals surface area contributed by atoms with Crippen molar-refractivity contribution in [1.29, 1.82) is 0 Å². The van der Waals surface area contributed by atoms with Crippen molar-refractivity contribution in [3.63, 3.8) is 0 Å². The molecule has 9 heteroatoms. The van der Waals surface area contributed by atoms with E-state index in [0.29, 0.717) is 5.56 Å². The summed E-state index contributed by atoms with van der Waals surface area (Å²) in [6.07, 6.45) is -0.735. The van der Waals surface area contributed by atoms with Crippen molar-refractivity contribution in [1.82, 2.24) is 0 Å². The number of ether oxygens (including phenoxy) is 2. The second kappa shape index (κ2) is 9.10. The molecule has 0 atom stereocenters. The molecule has 0 aromatic heterocycles. The second-order valence-corrected chi connectivity index (χ2v) is 8.09. The van der Waals surface area contributed by atoms with E-state index in [-0.39, 0.29) is 49.3 Å². The van der Waals surface area contributed by atoms with Crippen LogP contribution in [0.2, 0.25) is 0 Å². The summed E-state index contributed by atoms with van der Waals surface area (Å²) in [5.41, 5.74) is -0.160. The first-order chi connectivity index (χ1) is 15.0. The van der Waals surface area contributed by atoms with E-state index in [9.17, 15) is 27.9 Å². The zero-order valence-electron chi connectivity index (χ0n) is 18.0. The lowest BCUT2D eigenvalue weighted by Crippen LogP contribution is -2.44. The van der Waals surface area contributed by atoms with E-state index >= 15 is 0 Å². The highest BCUT2D eigenvalue weighted by Crippen LogP contribution is 2.46. The van der Waals surface area contributed by atoms with Gasteiger partial charge in [-0.2, -0.15) is 0 Å². The van der Waals surface area contributed by atoms with Gasteiger partial charge in [-0.3, -0.25) is 9.69 Å². The van der Waals surface area contributed by atoms with Crippen LogP contribution in [0.4, 0.5) is 23.7 Å². The average Bonchev–Trinajstić information content (AvgIpc) is 2.95. The van der Waals surface area contributed by atoms with E-state index in [1.807, 2.05) is 0 Å². The van der Waals surface area contributed by atoms with Gasteiger partial charge in [0.05, 0.1) is 18.9 Å². The van der Waals surface area contributed by atoms with Crippen LogP contribution in [0, 0.1) is 17.5 Å². The molecular formula is C23H24F3NO5. The van der Waals surface area contributed by atoms with Crippen LogP contribution >= 0.6 is 0 Å². The monoisotopic (exact) mass is 451 g/mol. The Bertz CT molecular complexity index is 1030. The first-order valence-electron chi connectivity index (χ1n) is 10.2. The van der Waals surface area contributed by atoms with Crippen molar-refractivity contribution in [3.8, 4) is 16.9 Å². The molecule has 172 valence electrons. The number of fused-ring (bicyclic) bond motifs is 1. The highest BCUT2D eigenvalue weighted by Gasteiger charge is 2.42. The largest absolute Gasteiger partial charge is 0.488 e. The highest BCUT2D eigenvalue weighted by molar-refractivity contribution is 5.97. The number of benzene rings is 2. The number of rotatable bonds is 7. The van der Waals surface area contributed by atoms with Crippen molar-refractivity contribution in [2.24, 2.45) is 0 Å². The van der Waals surface area contributed by atoms with Crippen LogP contribution in [-0.4, -0.2) is 35.9 Å². The normalized spacial score (nSPS) is 14.2. The lowest BCUT2D eigenvalue weighted by atomic mass is 9.97. The van der Waals surface area contributed by atoms with Crippen molar-refractivity contribution >= 4 is 17.7 Å². The van der Waals surface area contributed by atoms with Crippen molar-refractivity contribution in [2.45, 2.75) is 45.6 Å². The van der Waals surface area contributed by atoms with Gasteiger partial charge in [-0.25, -0.2) is 18.0 Å². The number of halogens is 3. The van der Waals surface area contributed by atoms with Gasteiger partial charge in [-0.15, -0.1) is 0 Å². The van der Waals surface area contributed by atoms with E-state index < -0.39 is 40.8 Å². The molecule has 0 fully saturated rings. The molecule has 6 nitrogen and oxygen atoms in total. The Hall–Kier alpha value is -3.23. The van der Waals surface area contributed by atoms with Gasteiger partial charge in [0.15, 0.2) is 17.4 Å². The summed E-state index contributed by atoms with van der Waals surface area (Å²) < 4.78 is 53.6. The Morgan fingerprint density at radius 3 is 2.38 bits per heavy atom. The van der Waals surface area contributed by atoms with Gasteiger partial charge in [0.2, 0.25) is 0 Å². The topological polar surface area (TPSA) is 76.1 Å². The fourth-order valence-electron chi connectivity index (χ4n) is 3.95. The number of nitrogens with zero attached hydrogens (tertiary/aromatic N) is 1. The number of carbonyl (C=O) groups excluding carboxylic acids is 1. The Morgan fingerprint density at radius 1 is 1.12 bits per heavy atom. The van der Waals surface area contributed by atoms with E-state index in [1.54, 1.807) is 20.8 Å². The van der Waals surface area contributed by atoms with Crippen molar-refractivity contribution < 1.29 is 37.3 Å². The van der Waals surface area contributed by atoms with Gasteiger partial charge >= 0.3 is 12.1 Å². The maximum absolute atomic E-state index is 14.7. The molecule has 0 bridgehead atoms. The van der Waals surface area contributed by atoms with Crippen LogP contribution in [-0.2, 0) is 16.0 Å². The number of hydrogen-bond donors (Lipinski definition) is 1. The molecule has 0 saturated heterocycles. The van der Waals surface area contributed by atoms with Gasteiger partial charge in [0.1, 0.15) is 5.82 Å². The molecule has 0 aliphatic carbocycles. The Morgan fingerprint density at radius 2 is 1.78 bits per heavy atom. The molecule has 0 spiro atoms. The number of esters is 1. The molecule has 0 radical (unpaired) electrons. The van der Waals surface area contributed by atoms with Gasteiger partial charge in [0.25, 0.3) is 0 Å². The molecule has 1 aliphatic rings. The predicted octanol–water partition coefficient (Wildman–Crippen LogP) is 5.31. The first-order valence-corrected chi connectivity index (χ1v) is 10.2. The molecule has 3 rings (SSSR count). The van der Waals surface area contributed by atoms with Crippen LogP contribution in [0.3, 0.4) is 0 Å². The molecule has 1 heterocycles. The SMILES string of the molecule is CCOC(=O)CCCOc1c(F)cc(-c2cc(F)cc3c2N(C(=O)O)C(C)(C)C3)cc1F. The number of amides is 1.